The molecule has 32 heavy (non-hydrogen) atoms. The third-order valence-electron chi connectivity index (χ3n) is 6.23. The van der Waals surface area contributed by atoms with Gasteiger partial charge in [-0.3, -0.25) is 24.1 Å². The van der Waals surface area contributed by atoms with E-state index in [1.165, 1.54) is 0 Å². The second kappa shape index (κ2) is 8.45. The fraction of sp³-hybridized carbons (Fsp3) is 0.333. The molecule has 166 valence electrons. The molecule has 3 N–H and O–H groups in total. The number of para-hydroxylation sites is 1. The SMILES string of the molecule is CC12CCC(=O)N1c1ccccc1C(=O)N2CCCC(=O)NCc1cccc(C(N)=O)c1. The highest BCUT2D eigenvalue weighted by atomic mass is 16.2. The van der Waals surface area contributed by atoms with Gasteiger partial charge in [-0.15, -0.1) is 0 Å². The molecule has 1 saturated heterocycles. The Morgan fingerprint density at radius 3 is 2.69 bits per heavy atom. The number of primary amides is 1. The van der Waals surface area contributed by atoms with Crippen LogP contribution in [0.25, 0.3) is 0 Å². The number of carbonyl (C=O) groups is 4. The van der Waals surface area contributed by atoms with E-state index in [-0.39, 0.29) is 30.7 Å². The predicted molar refractivity (Wildman–Crippen MR) is 119 cm³/mol. The van der Waals surface area contributed by atoms with Crippen LogP contribution >= 0.6 is 0 Å². The molecule has 2 aromatic rings. The maximum Gasteiger partial charge on any atom is 0.257 e. The standard InChI is InChI=1S/C24H26N4O4/c1-24-12-11-21(30)28(24)19-9-3-2-8-18(19)23(32)27(24)13-5-10-20(29)26-15-16-6-4-7-17(14-16)22(25)31/h2-4,6-9,14H,5,10-13,15H2,1H3,(H2,25,31)(H,26,29). The maximum atomic E-state index is 13.2. The van der Waals surface area contributed by atoms with E-state index in [1.807, 2.05) is 25.1 Å². The number of fused-ring (bicyclic) bond motifs is 3. The van der Waals surface area contributed by atoms with Gasteiger partial charge in [0.1, 0.15) is 5.66 Å². The van der Waals surface area contributed by atoms with Crippen molar-refractivity contribution in [3.8, 4) is 0 Å². The van der Waals surface area contributed by atoms with Crippen LogP contribution in [0.4, 0.5) is 5.69 Å². The van der Waals surface area contributed by atoms with Crippen molar-refractivity contribution in [3.05, 3.63) is 65.2 Å². The van der Waals surface area contributed by atoms with Crippen LogP contribution in [0.15, 0.2) is 48.5 Å². The first-order valence-electron chi connectivity index (χ1n) is 10.7. The lowest BCUT2D eigenvalue weighted by atomic mass is 9.98. The van der Waals surface area contributed by atoms with Crippen molar-refractivity contribution in [1.29, 1.82) is 0 Å². The molecule has 1 fully saturated rings. The molecule has 8 nitrogen and oxygen atoms in total. The van der Waals surface area contributed by atoms with Crippen molar-refractivity contribution in [2.24, 2.45) is 5.73 Å². The van der Waals surface area contributed by atoms with Crippen LogP contribution in [-0.2, 0) is 16.1 Å². The minimum absolute atomic E-state index is 0.00776. The second-order valence-corrected chi connectivity index (χ2v) is 8.36. The summed E-state index contributed by atoms with van der Waals surface area (Å²) in [7, 11) is 0. The zero-order valence-electron chi connectivity index (χ0n) is 18.0. The minimum atomic E-state index is -0.714. The van der Waals surface area contributed by atoms with Crippen molar-refractivity contribution in [3.63, 3.8) is 0 Å². The summed E-state index contributed by atoms with van der Waals surface area (Å²) in [5, 5.41) is 2.83. The quantitative estimate of drug-likeness (QED) is 0.695. The monoisotopic (exact) mass is 434 g/mol. The van der Waals surface area contributed by atoms with Crippen LogP contribution in [-0.4, -0.2) is 40.7 Å². The number of benzene rings is 2. The molecule has 1 atom stereocenters. The number of hydrogen-bond acceptors (Lipinski definition) is 4. The third kappa shape index (κ3) is 3.84. The van der Waals surface area contributed by atoms with Crippen LogP contribution in [0.1, 0.15) is 58.9 Å². The zero-order chi connectivity index (χ0) is 22.9. The van der Waals surface area contributed by atoms with E-state index < -0.39 is 11.6 Å². The van der Waals surface area contributed by atoms with Crippen molar-refractivity contribution in [1.82, 2.24) is 10.2 Å². The van der Waals surface area contributed by atoms with Crippen LogP contribution in [0.3, 0.4) is 0 Å². The first-order valence-corrected chi connectivity index (χ1v) is 10.7. The number of rotatable bonds is 7. The minimum Gasteiger partial charge on any atom is -0.366 e. The van der Waals surface area contributed by atoms with Gasteiger partial charge in [-0.25, -0.2) is 0 Å². The summed E-state index contributed by atoms with van der Waals surface area (Å²) in [6.07, 6.45) is 1.66. The number of nitrogens with two attached hydrogens (primary N) is 1. The van der Waals surface area contributed by atoms with Gasteiger partial charge in [0.15, 0.2) is 0 Å². The number of hydrogen-bond donors (Lipinski definition) is 2. The normalized spacial score (nSPS) is 19.5. The van der Waals surface area contributed by atoms with Crippen molar-refractivity contribution < 1.29 is 19.2 Å². The Hall–Kier alpha value is -3.68. The van der Waals surface area contributed by atoms with Gasteiger partial charge in [0, 0.05) is 31.5 Å². The Morgan fingerprint density at radius 1 is 1.12 bits per heavy atom. The van der Waals surface area contributed by atoms with E-state index in [9.17, 15) is 19.2 Å². The summed E-state index contributed by atoms with van der Waals surface area (Å²) in [5.74, 6) is -0.770. The van der Waals surface area contributed by atoms with E-state index in [1.54, 1.807) is 40.1 Å². The highest BCUT2D eigenvalue weighted by Crippen LogP contribution is 2.43. The molecule has 2 aliphatic heterocycles. The van der Waals surface area contributed by atoms with Crippen LogP contribution in [0.5, 0.6) is 0 Å². The van der Waals surface area contributed by atoms with Gasteiger partial charge >= 0.3 is 0 Å². The average Bonchev–Trinajstić information content (AvgIpc) is 3.10. The fourth-order valence-electron chi connectivity index (χ4n) is 4.56. The number of amides is 4. The van der Waals surface area contributed by atoms with Crippen molar-refractivity contribution in [2.45, 2.75) is 44.8 Å². The van der Waals surface area contributed by atoms with Gasteiger partial charge in [0.25, 0.3) is 5.91 Å². The van der Waals surface area contributed by atoms with E-state index >= 15 is 0 Å². The first-order chi connectivity index (χ1) is 15.3. The van der Waals surface area contributed by atoms with Crippen LogP contribution < -0.4 is 16.0 Å². The molecule has 1 unspecified atom stereocenters. The summed E-state index contributed by atoms with van der Waals surface area (Å²) < 4.78 is 0. The Balaban J connectivity index is 1.38. The molecule has 0 bridgehead atoms. The largest absolute Gasteiger partial charge is 0.366 e. The van der Waals surface area contributed by atoms with Crippen molar-refractivity contribution in [2.75, 3.05) is 11.4 Å². The molecule has 4 amide bonds. The van der Waals surface area contributed by atoms with Crippen molar-refractivity contribution >= 4 is 29.3 Å². The third-order valence-corrected chi connectivity index (χ3v) is 6.23. The summed E-state index contributed by atoms with van der Waals surface area (Å²) in [6.45, 7) is 2.57. The van der Waals surface area contributed by atoms with Gasteiger partial charge in [-0.2, -0.15) is 0 Å². The molecular weight excluding hydrogens is 408 g/mol. The number of carbonyl (C=O) groups excluding carboxylic acids is 4. The van der Waals surface area contributed by atoms with Gasteiger partial charge in [-0.1, -0.05) is 24.3 Å². The smallest absolute Gasteiger partial charge is 0.257 e. The zero-order valence-corrected chi connectivity index (χ0v) is 18.0. The number of anilines is 1. The lowest BCUT2D eigenvalue weighted by molar-refractivity contribution is -0.121. The molecule has 0 spiro atoms. The molecule has 4 rings (SSSR count). The molecule has 0 radical (unpaired) electrons. The predicted octanol–water partition coefficient (Wildman–Crippen LogP) is 2.18. The lowest BCUT2D eigenvalue weighted by Gasteiger charge is -2.48. The lowest BCUT2D eigenvalue weighted by Crippen LogP contribution is -2.62. The van der Waals surface area contributed by atoms with Gasteiger partial charge in [0.05, 0.1) is 11.3 Å². The molecule has 2 heterocycles. The molecule has 2 aromatic carbocycles. The number of nitrogens with zero attached hydrogens (tertiary/aromatic N) is 2. The van der Waals surface area contributed by atoms with E-state index in [0.29, 0.717) is 42.6 Å². The Morgan fingerprint density at radius 2 is 1.91 bits per heavy atom. The molecule has 0 saturated carbocycles. The van der Waals surface area contributed by atoms with E-state index in [2.05, 4.69) is 5.32 Å². The van der Waals surface area contributed by atoms with Gasteiger partial charge in [0.2, 0.25) is 17.7 Å². The highest BCUT2D eigenvalue weighted by molar-refractivity contribution is 6.10. The highest BCUT2D eigenvalue weighted by Gasteiger charge is 2.52. The maximum absolute atomic E-state index is 13.2. The van der Waals surface area contributed by atoms with Gasteiger partial charge < -0.3 is 16.0 Å². The summed E-state index contributed by atoms with van der Waals surface area (Å²) in [6, 6.07) is 14.0. The first kappa shape index (κ1) is 21.5. The molecular formula is C24H26N4O4. The Labute approximate surface area is 186 Å². The molecule has 0 aromatic heterocycles. The molecule has 8 heteroatoms. The Bertz CT molecular complexity index is 1100. The summed E-state index contributed by atoms with van der Waals surface area (Å²) in [4.78, 5) is 52.9. The fourth-order valence-corrected chi connectivity index (χ4v) is 4.56. The topological polar surface area (TPSA) is 113 Å². The summed E-state index contributed by atoms with van der Waals surface area (Å²) >= 11 is 0. The molecule has 2 aliphatic rings. The van der Waals surface area contributed by atoms with E-state index in [4.69, 9.17) is 5.73 Å². The number of nitrogens with one attached hydrogen (secondary N) is 1. The molecule has 0 aliphatic carbocycles. The Kier molecular flexibility index (Phi) is 5.69. The van der Waals surface area contributed by atoms with Crippen LogP contribution in [0, 0.1) is 0 Å². The van der Waals surface area contributed by atoms with Crippen LogP contribution in [0.2, 0.25) is 0 Å². The average molecular weight is 434 g/mol. The summed E-state index contributed by atoms with van der Waals surface area (Å²) in [5.41, 5.74) is 6.93. The second-order valence-electron chi connectivity index (χ2n) is 8.36. The van der Waals surface area contributed by atoms with Gasteiger partial charge in [-0.05, 0) is 49.6 Å². The van der Waals surface area contributed by atoms with E-state index in [0.717, 1.165) is 5.56 Å².